The minimum absolute atomic E-state index is 0.00668. The van der Waals surface area contributed by atoms with E-state index in [9.17, 15) is 9.59 Å². The van der Waals surface area contributed by atoms with Crippen molar-refractivity contribution in [2.75, 3.05) is 20.2 Å². The number of para-hydroxylation sites is 1. The predicted molar refractivity (Wildman–Crippen MR) is 128 cm³/mol. The standard InChI is InChI=1S/C27H31N3O3/c1-3-4-5-8-14-29-17-24(31)30-23(27(29)32)16-21-20-12-6-7-13-22(20)28-25(21)26(30)18-10-9-11-19(15-18)33-2/h6-7,9-13,15,23,26,28H,3-5,8,14,16-17H2,1-2H3/t23-,26-/m0/s1. The number of H-pyrrole nitrogens is 1. The molecule has 33 heavy (non-hydrogen) atoms. The number of aromatic amines is 1. The van der Waals surface area contributed by atoms with Gasteiger partial charge in [0.25, 0.3) is 0 Å². The molecule has 0 aliphatic carbocycles. The number of rotatable bonds is 7. The number of ether oxygens (including phenoxy) is 1. The molecule has 1 aromatic heterocycles. The highest BCUT2D eigenvalue weighted by Crippen LogP contribution is 2.43. The van der Waals surface area contributed by atoms with Gasteiger partial charge in [-0.2, -0.15) is 0 Å². The topological polar surface area (TPSA) is 65.6 Å². The van der Waals surface area contributed by atoms with Gasteiger partial charge in [-0.1, -0.05) is 56.5 Å². The first-order valence-electron chi connectivity index (χ1n) is 12.0. The van der Waals surface area contributed by atoms with E-state index in [1.54, 1.807) is 12.0 Å². The van der Waals surface area contributed by atoms with Crippen LogP contribution >= 0.6 is 0 Å². The lowest BCUT2D eigenvalue weighted by Gasteiger charge is -2.47. The van der Waals surface area contributed by atoms with Gasteiger partial charge in [0.15, 0.2) is 0 Å². The van der Waals surface area contributed by atoms with Gasteiger partial charge in [-0.3, -0.25) is 9.59 Å². The van der Waals surface area contributed by atoms with Crippen LogP contribution in [-0.2, 0) is 16.0 Å². The number of benzene rings is 2. The number of hydrogen-bond donors (Lipinski definition) is 1. The zero-order valence-corrected chi connectivity index (χ0v) is 19.3. The van der Waals surface area contributed by atoms with Crippen molar-refractivity contribution in [2.24, 2.45) is 0 Å². The molecule has 6 heteroatoms. The third-order valence-electron chi connectivity index (χ3n) is 7.03. The molecule has 0 radical (unpaired) electrons. The molecule has 0 bridgehead atoms. The Bertz CT molecular complexity index is 1180. The van der Waals surface area contributed by atoms with Crippen molar-refractivity contribution >= 4 is 22.7 Å². The Morgan fingerprint density at radius 3 is 2.73 bits per heavy atom. The van der Waals surface area contributed by atoms with Crippen molar-refractivity contribution < 1.29 is 14.3 Å². The molecule has 2 aromatic carbocycles. The Kier molecular flexibility index (Phi) is 5.83. The van der Waals surface area contributed by atoms with Crippen molar-refractivity contribution in [1.29, 1.82) is 0 Å². The number of piperazine rings is 1. The molecule has 1 saturated heterocycles. The van der Waals surface area contributed by atoms with Crippen LogP contribution in [0, 0.1) is 0 Å². The Balaban J connectivity index is 1.57. The smallest absolute Gasteiger partial charge is 0.246 e. The third-order valence-corrected chi connectivity index (χ3v) is 7.03. The quantitative estimate of drug-likeness (QED) is 0.547. The molecule has 2 aliphatic rings. The molecule has 0 saturated carbocycles. The Hall–Kier alpha value is -3.28. The highest BCUT2D eigenvalue weighted by molar-refractivity contribution is 5.97. The predicted octanol–water partition coefficient (Wildman–Crippen LogP) is 4.44. The van der Waals surface area contributed by atoms with Gasteiger partial charge in [0.2, 0.25) is 11.8 Å². The SMILES string of the molecule is CCCCCCN1CC(=O)N2[C@@H](c3cccc(OC)c3)c3[nH]c4ccccc4c3C[C@H]2C1=O. The number of hydrogen-bond acceptors (Lipinski definition) is 3. The monoisotopic (exact) mass is 445 g/mol. The highest BCUT2D eigenvalue weighted by atomic mass is 16.5. The lowest BCUT2D eigenvalue weighted by atomic mass is 9.86. The van der Waals surface area contributed by atoms with Gasteiger partial charge in [-0.25, -0.2) is 0 Å². The zero-order valence-electron chi connectivity index (χ0n) is 19.3. The van der Waals surface area contributed by atoms with Crippen LogP contribution in [0.15, 0.2) is 48.5 Å². The van der Waals surface area contributed by atoms with Crippen LogP contribution in [0.3, 0.4) is 0 Å². The van der Waals surface area contributed by atoms with Gasteiger partial charge in [0.1, 0.15) is 11.8 Å². The molecule has 5 rings (SSSR count). The van der Waals surface area contributed by atoms with E-state index >= 15 is 0 Å². The van der Waals surface area contributed by atoms with Gasteiger partial charge >= 0.3 is 0 Å². The Labute approximate surface area is 194 Å². The van der Waals surface area contributed by atoms with Crippen molar-refractivity contribution in [3.63, 3.8) is 0 Å². The largest absolute Gasteiger partial charge is 0.497 e. The van der Waals surface area contributed by atoms with Crippen molar-refractivity contribution in [3.8, 4) is 5.75 Å². The van der Waals surface area contributed by atoms with Crippen LogP contribution in [0.25, 0.3) is 10.9 Å². The van der Waals surface area contributed by atoms with Crippen molar-refractivity contribution in [2.45, 2.75) is 51.1 Å². The average molecular weight is 446 g/mol. The maximum atomic E-state index is 13.6. The Morgan fingerprint density at radius 2 is 1.91 bits per heavy atom. The molecule has 2 aliphatic heterocycles. The van der Waals surface area contributed by atoms with E-state index in [4.69, 9.17) is 4.74 Å². The number of methoxy groups -OCH3 is 1. The summed E-state index contributed by atoms with van der Waals surface area (Å²) in [5.41, 5.74) is 4.11. The maximum absolute atomic E-state index is 13.6. The number of carbonyl (C=O) groups is 2. The first-order valence-corrected chi connectivity index (χ1v) is 12.0. The first kappa shape index (κ1) is 21.6. The summed E-state index contributed by atoms with van der Waals surface area (Å²) in [5, 5.41) is 1.13. The molecule has 3 aromatic rings. The van der Waals surface area contributed by atoms with E-state index < -0.39 is 6.04 Å². The normalized spacial score (nSPS) is 20.2. The van der Waals surface area contributed by atoms with E-state index in [1.165, 1.54) is 0 Å². The fourth-order valence-corrected chi connectivity index (χ4v) is 5.40. The number of fused-ring (bicyclic) bond motifs is 4. The highest BCUT2D eigenvalue weighted by Gasteiger charge is 2.48. The number of carbonyl (C=O) groups excluding carboxylic acids is 2. The molecule has 1 fully saturated rings. The molecule has 6 nitrogen and oxygen atoms in total. The minimum atomic E-state index is -0.486. The second-order valence-electron chi connectivity index (χ2n) is 9.08. The number of unbranched alkanes of at least 4 members (excludes halogenated alkanes) is 3. The van der Waals surface area contributed by atoms with Crippen LogP contribution < -0.4 is 4.74 Å². The first-order chi connectivity index (χ1) is 16.1. The number of amides is 2. The lowest BCUT2D eigenvalue weighted by molar-refractivity contribution is -0.158. The number of nitrogens with one attached hydrogen (secondary N) is 1. The van der Waals surface area contributed by atoms with Gasteiger partial charge in [-0.05, 0) is 35.7 Å². The number of nitrogens with zero attached hydrogens (tertiary/aromatic N) is 2. The number of aromatic nitrogens is 1. The second-order valence-corrected chi connectivity index (χ2v) is 9.08. The van der Waals surface area contributed by atoms with Gasteiger partial charge in [0, 0.05) is 29.6 Å². The van der Waals surface area contributed by atoms with Gasteiger partial charge in [0.05, 0.1) is 19.7 Å². The summed E-state index contributed by atoms with van der Waals surface area (Å²) in [6, 6.07) is 15.2. The third kappa shape index (κ3) is 3.77. The van der Waals surface area contributed by atoms with Gasteiger partial charge in [-0.15, -0.1) is 0 Å². The van der Waals surface area contributed by atoms with E-state index in [0.717, 1.165) is 59.2 Å². The molecule has 0 spiro atoms. The summed E-state index contributed by atoms with van der Waals surface area (Å²) in [6.07, 6.45) is 4.87. The summed E-state index contributed by atoms with van der Waals surface area (Å²) < 4.78 is 5.47. The van der Waals surface area contributed by atoms with Crippen LogP contribution in [0.2, 0.25) is 0 Å². The molecular formula is C27H31N3O3. The fraction of sp³-hybridized carbons (Fsp3) is 0.407. The second kappa shape index (κ2) is 8.93. The van der Waals surface area contributed by atoms with E-state index in [2.05, 4.69) is 24.0 Å². The molecule has 1 N–H and O–H groups in total. The zero-order chi connectivity index (χ0) is 22.9. The molecule has 0 unspecified atom stereocenters. The Morgan fingerprint density at radius 1 is 1.06 bits per heavy atom. The van der Waals surface area contributed by atoms with Crippen LogP contribution in [-0.4, -0.2) is 52.8 Å². The van der Waals surface area contributed by atoms with Crippen molar-refractivity contribution in [1.82, 2.24) is 14.8 Å². The maximum Gasteiger partial charge on any atom is 0.246 e. The van der Waals surface area contributed by atoms with Crippen LogP contribution in [0.4, 0.5) is 0 Å². The van der Waals surface area contributed by atoms with Gasteiger partial charge < -0.3 is 19.5 Å². The average Bonchev–Trinajstić information content (AvgIpc) is 3.22. The van der Waals surface area contributed by atoms with E-state index in [0.29, 0.717) is 13.0 Å². The summed E-state index contributed by atoms with van der Waals surface area (Å²) in [7, 11) is 1.64. The van der Waals surface area contributed by atoms with E-state index in [-0.39, 0.29) is 24.4 Å². The molecular weight excluding hydrogens is 414 g/mol. The van der Waals surface area contributed by atoms with E-state index in [1.807, 2.05) is 41.3 Å². The summed E-state index contributed by atoms with van der Waals surface area (Å²) in [6.45, 7) is 2.98. The van der Waals surface area contributed by atoms with Crippen LogP contribution in [0.1, 0.15) is 55.5 Å². The minimum Gasteiger partial charge on any atom is -0.497 e. The summed E-state index contributed by atoms with van der Waals surface area (Å²) in [4.78, 5) is 34.3. The molecule has 3 heterocycles. The molecule has 172 valence electrons. The summed E-state index contributed by atoms with van der Waals surface area (Å²) in [5.74, 6) is 0.808. The van der Waals surface area contributed by atoms with Crippen molar-refractivity contribution in [3.05, 3.63) is 65.4 Å². The summed E-state index contributed by atoms with van der Waals surface area (Å²) >= 11 is 0. The fourth-order valence-electron chi connectivity index (χ4n) is 5.40. The lowest BCUT2D eigenvalue weighted by Crippen LogP contribution is -2.63. The molecule has 2 atom stereocenters. The van der Waals surface area contributed by atoms with Crippen LogP contribution in [0.5, 0.6) is 5.75 Å². The molecule has 2 amide bonds.